The molecule has 1 aromatic rings. The number of imide groups is 1. The van der Waals surface area contributed by atoms with Crippen LogP contribution in [0.25, 0.3) is 0 Å². The Morgan fingerprint density at radius 3 is 2.53 bits per heavy atom. The van der Waals surface area contributed by atoms with Crippen molar-refractivity contribution in [1.82, 2.24) is 19.9 Å². The number of rotatable bonds is 4. The minimum absolute atomic E-state index is 0.0376. The third-order valence-electron chi connectivity index (χ3n) is 2.61. The Balaban J connectivity index is 2.19. The number of anilines is 2. The molecule has 1 unspecified atom stereocenters. The van der Waals surface area contributed by atoms with Gasteiger partial charge in [0.2, 0.25) is 17.8 Å². The molecule has 10 heteroatoms. The molecule has 10 nitrogen and oxygen atoms in total. The van der Waals surface area contributed by atoms with Crippen molar-refractivity contribution in [1.29, 1.82) is 0 Å². The number of nitrogens with zero attached hydrogens (tertiary/aromatic N) is 4. The number of carbonyl (C=O) groups is 2. The van der Waals surface area contributed by atoms with Crippen LogP contribution in [0.15, 0.2) is 0 Å². The van der Waals surface area contributed by atoms with E-state index in [4.69, 9.17) is 10.6 Å². The number of hydrogen-bond donors (Lipinski definition) is 3. The summed E-state index contributed by atoms with van der Waals surface area (Å²) in [6.07, 6.45) is 0.0503. The molecule has 0 aromatic carbocycles. The van der Waals surface area contributed by atoms with Crippen LogP contribution in [0.3, 0.4) is 0 Å². The molecule has 1 aromatic heterocycles. The maximum Gasteiger partial charge on any atom is 0.322 e. The van der Waals surface area contributed by atoms with E-state index < -0.39 is 6.04 Å². The van der Waals surface area contributed by atoms with Gasteiger partial charge >= 0.3 is 6.01 Å². The zero-order valence-corrected chi connectivity index (χ0v) is 10.4. The van der Waals surface area contributed by atoms with Gasteiger partial charge in [0, 0.05) is 7.05 Å². The standard InChI is InChI=1S/C9H13N7O3/c1-16-5(17)3-4(6(16)18)11-7-12-8(15-10)14-9(13-7)19-2/h4H,3,10H2,1-2H3,(H2,11,12,13,14,15). The smallest absolute Gasteiger partial charge is 0.322 e. The molecule has 0 aliphatic carbocycles. The summed E-state index contributed by atoms with van der Waals surface area (Å²) in [6, 6.07) is -0.661. The van der Waals surface area contributed by atoms with Crippen LogP contribution in [0.4, 0.5) is 11.9 Å². The summed E-state index contributed by atoms with van der Waals surface area (Å²) in [5, 5.41) is 2.75. The van der Waals surface area contributed by atoms with E-state index in [0.29, 0.717) is 0 Å². The lowest BCUT2D eigenvalue weighted by Gasteiger charge is -2.11. The number of likely N-dealkylation sites (N-methyl/N-ethyl adjacent to an activating group) is 1. The number of aromatic nitrogens is 3. The first-order valence-electron chi connectivity index (χ1n) is 5.38. The normalized spacial score (nSPS) is 18.7. The predicted molar refractivity (Wildman–Crippen MR) is 64.0 cm³/mol. The quantitative estimate of drug-likeness (QED) is 0.332. The maximum absolute atomic E-state index is 11.7. The van der Waals surface area contributed by atoms with Crippen molar-refractivity contribution >= 4 is 23.7 Å². The molecule has 1 fully saturated rings. The molecule has 2 heterocycles. The lowest BCUT2D eigenvalue weighted by atomic mass is 10.2. The van der Waals surface area contributed by atoms with Gasteiger partial charge in [0.1, 0.15) is 6.04 Å². The molecule has 1 aliphatic rings. The van der Waals surface area contributed by atoms with Crippen LogP contribution in [0, 0.1) is 0 Å². The van der Waals surface area contributed by atoms with Crippen LogP contribution < -0.4 is 21.3 Å². The minimum atomic E-state index is -0.699. The van der Waals surface area contributed by atoms with Crippen LogP contribution in [0.2, 0.25) is 0 Å². The van der Waals surface area contributed by atoms with E-state index in [-0.39, 0.29) is 36.1 Å². The molecule has 4 N–H and O–H groups in total. The summed E-state index contributed by atoms with van der Waals surface area (Å²) in [6.45, 7) is 0. The Labute approximate surface area is 108 Å². The summed E-state index contributed by atoms with van der Waals surface area (Å²) >= 11 is 0. The first-order valence-corrected chi connectivity index (χ1v) is 5.38. The van der Waals surface area contributed by atoms with Gasteiger partial charge in [-0.2, -0.15) is 15.0 Å². The van der Waals surface area contributed by atoms with Gasteiger partial charge in [-0.3, -0.25) is 19.9 Å². The minimum Gasteiger partial charge on any atom is -0.467 e. The number of nitrogens with two attached hydrogens (primary N) is 1. The van der Waals surface area contributed by atoms with E-state index in [1.54, 1.807) is 0 Å². The van der Waals surface area contributed by atoms with Gasteiger partial charge in [-0.25, -0.2) is 5.84 Å². The number of hydrazine groups is 1. The molecule has 0 spiro atoms. The second-order valence-electron chi connectivity index (χ2n) is 3.81. The highest BCUT2D eigenvalue weighted by atomic mass is 16.5. The molecular weight excluding hydrogens is 254 g/mol. The van der Waals surface area contributed by atoms with Gasteiger partial charge < -0.3 is 10.1 Å². The zero-order chi connectivity index (χ0) is 14.0. The number of carbonyl (C=O) groups excluding carboxylic acids is 2. The summed E-state index contributed by atoms with van der Waals surface area (Å²) in [5.41, 5.74) is 2.25. The van der Waals surface area contributed by atoms with E-state index in [2.05, 4.69) is 25.7 Å². The highest BCUT2D eigenvalue weighted by Gasteiger charge is 2.36. The van der Waals surface area contributed by atoms with E-state index in [1.165, 1.54) is 14.2 Å². The van der Waals surface area contributed by atoms with E-state index >= 15 is 0 Å². The zero-order valence-electron chi connectivity index (χ0n) is 10.4. The summed E-state index contributed by atoms with van der Waals surface area (Å²) in [5.74, 6) is 4.78. The molecule has 0 radical (unpaired) electrons. The molecule has 0 bridgehead atoms. The van der Waals surface area contributed by atoms with Gasteiger partial charge in [-0.1, -0.05) is 0 Å². The van der Waals surface area contributed by atoms with Gasteiger partial charge in [0.25, 0.3) is 5.91 Å². The Hall–Kier alpha value is -2.49. The Morgan fingerprint density at radius 1 is 1.32 bits per heavy atom. The monoisotopic (exact) mass is 267 g/mol. The highest BCUT2D eigenvalue weighted by Crippen LogP contribution is 2.16. The fraction of sp³-hybridized carbons (Fsp3) is 0.444. The first-order chi connectivity index (χ1) is 9.05. The van der Waals surface area contributed by atoms with Crippen molar-refractivity contribution in [2.75, 3.05) is 24.9 Å². The molecular formula is C9H13N7O3. The van der Waals surface area contributed by atoms with Crippen molar-refractivity contribution in [3.05, 3.63) is 0 Å². The molecule has 102 valence electrons. The number of ether oxygens (including phenoxy) is 1. The fourth-order valence-electron chi connectivity index (χ4n) is 1.60. The van der Waals surface area contributed by atoms with Gasteiger partial charge in [0.05, 0.1) is 13.5 Å². The molecule has 1 atom stereocenters. The molecule has 1 aliphatic heterocycles. The largest absolute Gasteiger partial charge is 0.467 e. The third-order valence-corrected chi connectivity index (χ3v) is 2.61. The molecule has 2 rings (SSSR count). The van der Waals surface area contributed by atoms with Crippen molar-refractivity contribution in [3.63, 3.8) is 0 Å². The number of amides is 2. The highest BCUT2D eigenvalue weighted by molar-refractivity contribution is 6.06. The summed E-state index contributed by atoms with van der Waals surface area (Å²) < 4.78 is 4.87. The topological polar surface area (TPSA) is 135 Å². The second kappa shape index (κ2) is 5.02. The lowest BCUT2D eigenvalue weighted by molar-refractivity contribution is -0.136. The van der Waals surface area contributed by atoms with Crippen LogP contribution in [0.5, 0.6) is 6.01 Å². The van der Waals surface area contributed by atoms with Crippen molar-refractivity contribution in [2.24, 2.45) is 5.84 Å². The van der Waals surface area contributed by atoms with Crippen molar-refractivity contribution < 1.29 is 14.3 Å². The predicted octanol–water partition coefficient (Wildman–Crippen LogP) is -1.66. The summed E-state index contributed by atoms with van der Waals surface area (Å²) in [7, 11) is 2.81. The van der Waals surface area contributed by atoms with Crippen molar-refractivity contribution in [2.45, 2.75) is 12.5 Å². The van der Waals surface area contributed by atoms with E-state index in [0.717, 1.165) is 4.90 Å². The fourth-order valence-corrected chi connectivity index (χ4v) is 1.60. The Bertz CT molecular complexity index is 498. The van der Waals surface area contributed by atoms with E-state index in [1.807, 2.05) is 0 Å². The average Bonchev–Trinajstić information content (AvgIpc) is 2.65. The number of hydrogen-bond acceptors (Lipinski definition) is 9. The molecule has 2 amide bonds. The van der Waals surface area contributed by atoms with Crippen LogP contribution in [0.1, 0.15) is 6.42 Å². The second-order valence-corrected chi connectivity index (χ2v) is 3.81. The average molecular weight is 267 g/mol. The van der Waals surface area contributed by atoms with Gasteiger partial charge in [-0.05, 0) is 0 Å². The molecule has 0 saturated carbocycles. The third kappa shape index (κ3) is 2.52. The number of nitrogens with one attached hydrogen (secondary N) is 2. The maximum atomic E-state index is 11.7. The van der Waals surface area contributed by atoms with E-state index in [9.17, 15) is 9.59 Å². The van der Waals surface area contributed by atoms with Crippen LogP contribution >= 0.6 is 0 Å². The van der Waals surface area contributed by atoms with Crippen molar-refractivity contribution in [3.8, 4) is 6.01 Å². The first kappa shape index (κ1) is 13.0. The van der Waals surface area contributed by atoms with Crippen LogP contribution in [-0.2, 0) is 9.59 Å². The summed E-state index contributed by atoms with van der Waals surface area (Å²) in [4.78, 5) is 35.8. The molecule has 19 heavy (non-hydrogen) atoms. The van der Waals surface area contributed by atoms with Gasteiger partial charge in [0.15, 0.2) is 0 Å². The Kier molecular flexibility index (Phi) is 3.42. The number of likely N-dealkylation sites (tertiary alicyclic amines) is 1. The molecule has 1 saturated heterocycles. The number of methoxy groups -OCH3 is 1. The number of nitrogen functional groups attached to an aromatic ring is 1. The SMILES string of the molecule is COc1nc(NN)nc(NC2CC(=O)N(C)C2=O)n1. The Morgan fingerprint density at radius 2 is 2.00 bits per heavy atom. The lowest BCUT2D eigenvalue weighted by Crippen LogP contribution is -2.32. The van der Waals surface area contributed by atoms with Gasteiger partial charge in [-0.15, -0.1) is 0 Å². The van der Waals surface area contributed by atoms with Crippen LogP contribution in [-0.4, -0.2) is 51.9 Å².